The van der Waals surface area contributed by atoms with Crippen LogP contribution in [0.2, 0.25) is 0 Å². The van der Waals surface area contributed by atoms with Gasteiger partial charge in [0.1, 0.15) is 11.5 Å². The summed E-state index contributed by atoms with van der Waals surface area (Å²) in [6.07, 6.45) is 7.57. The van der Waals surface area contributed by atoms with Crippen LogP contribution in [0.4, 0.5) is 11.8 Å². The van der Waals surface area contributed by atoms with E-state index in [2.05, 4.69) is 52.1 Å². The number of hydrogen-bond donors (Lipinski definition) is 1. The molecule has 3 aromatic heterocycles. The van der Waals surface area contributed by atoms with Crippen molar-refractivity contribution < 1.29 is 4.79 Å². The lowest BCUT2D eigenvalue weighted by molar-refractivity contribution is -0.132. The van der Waals surface area contributed by atoms with E-state index in [-0.39, 0.29) is 5.91 Å². The van der Waals surface area contributed by atoms with Gasteiger partial charge in [0.2, 0.25) is 11.9 Å². The van der Waals surface area contributed by atoms with Crippen LogP contribution in [-0.4, -0.2) is 62.4 Å². The summed E-state index contributed by atoms with van der Waals surface area (Å²) in [5.41, 5.74) is 4.37. The summed E-state index contributed by atoms with van der Waals surface area (Å²) in [6, 6.07) is 13.1. The molecule has 2 aliphatic rings. The van der Waals surface area contributed by atoms with Crippen LogP contribution in [0.1, 0.15) is 49.9 Å². The Hall–Kier alpha value is -3.52. The van der Waals surface area contributed by atoms with Crippen LogP contribution in [0.3, 0.4) is 0 Å². The van der Waals surface area contributed by atoms with Gasteiger partial charge < -0.3 is 19.7 Å². The van der Waals surface area contributed by atoms with E-state index in [4.69, 9.17) is 9.97 Å². The maximum atomic E-state index is 12.5. The monoisotopic (exact) mass is 497 g/mol. The number of anilines is 2. The number of benzene rings is 1. The van der Waals surface area contributed by atoms with Crippen LogP contribution >= 0.6 is 0 Å². The molecule has 0 saturated heterocycles. The minimum absolute atomic E-state index is 0.155. The van der Waals surface area contributed by atoms with Crippen molar-refractivity contribution in [2.45, 2.75) is 51.6 Å². The second kappa shape index (κ2) is 9.74. The Morgan fingerprint density at radius 2 is 1.86 bits per heavy atom. The molecule has 8 heteroatoms. The molecular weight excluding hydrogens is 462 g/mol. The van der Waals surface area contributed by atoms with Gasteiger partial charge in [0.15, 0.2) is 0 Å². The van der Waals surface area contributed by atoms with Gasteiger partial charge >= 0.3 is 0 Å². The van der Waals surface area contributed by atoms with Crippen molar-refractivity contribution in [2.75, 3.05) is 32.5 Å². The number of carbonyl (C=O) groups excluding carboxylic acids is 1. The molecule has 4 heterocycles. The standard InChI is InChI=1S/C29H35N7O/c1-19-8-11-21(12-9-19)36-25-7-5-4-6-22(25)23-16-30-29(33-28(23)36)32-26-13-10-20-17-35(15-14-24(20)31-26)27(37)18-34(2)3/h4-7,10,13,16,19,21H,8-9,11-12,14-15,17-18H2,1-3H3,(H,30,31,32,33). The number of para-hydroxylation sites is 1. The number of amides is 1. The molecule has 6 rings (SSSR count). The summed E-state index contributed by atoms with van der Waals surface area (Å²) in [5, 5.41) is 5.66. The molecule has 1 aromatic carbocycles. The fraction of sp³-hybridized carbons (Fsp3) is 0.448. The van der Waals surface area contributed by atoms with Crippen LogP contribution in [0.15, 0.2) is 42.6 Å². The third-order valence-electron chi connectivity index (χ3n) is 7.89. The molecular formula is C29H35N7O. The normalized spacial score (nSPS) is 19.9. The third kappa shape index (κ3) is 4.66. The molecule has 1 saturated carbocycles. The van der Waals surface area contributed by atoms with Crippen LogP contribution in [0.25, 0.3) is 21.9 Å². The van der Waals surface area contributed by atoms with Crippen molar-refractivity contribution in [3.8, 4) is 0 Å². The van der Waals surface area contributed by atoms with Crippen LogP contribution < -0.4 is 5.32 Å². The van der Waals surface area contributed by atoms with Crippen molar-refractivity contribution in [1.82, 2.24) is 29.3 Å². The largest absolute Gasteiger partial charge is 0.337 e. The van der Waals surface area contributed by atoms with Crippen LogP contribution in [0.5, 0.6) is 0 Å². The van der Waals surface area contributed by atoms with E-state index in [0.29, 0.717) is 31.6 Å². The number of likely N-dealkylation sites (N-methyl/N-ethyl adjacent to an activating group) is 1. The van der Waals surface area contributed by atoms with Gasteiger partial charge in [-0.25, -0.2) is 9.97 Å². The summed E-state index contributed by atoms with van der Waals surface area (Å²) in [4.78, 5) is 30.9. The van der Waals surface area contributed by atoms with Crippen molar-refractivity contribution in [3.05, 3.63) is 53.9 Å². The van der Waals surface area contributed by atoms with Gasteiger partial charge in [-0.3, -0.25) is 4.79 Å². The van der Waals surface area contributed by atoms with Crippen molar-refractivity contribution >= 4 is 39.6 Å². The molecule has 0 unspecified atom stereocenters. The molecule has 8 nitrogen and oxygen atoms in total. The highest BCUT2D eigenvalue weighted by molar-refractivity contribution is 6.06. The van der Waals surface area contributed by atoms with E-state index < -0.39 is 0 Å². The number of carbonyl (C=O) groups is 1. The molecule has 0 radical (unpaired) electrons. The first kappa shape index (κ1) is 23.9. The molecule has 0 spiro atoms. The Morgan fingerprint density at radius 1 is 1.05 bits per heavy atom. The number of aromatic nitrogens is 4. The third-order valence-corrected chi connectivity index (χ3v) is 7.89. The first-order valence-corrected chi connectivity index (χ1v) is 13.4. The molecule has 192 valence electrons. The first-order chi connectivity index (χ1) is 18.0. The van der Waals surface area contributed by atoms with Gasteiger partial charge in [0, 0.05) is 48.2 Å². The predicted molar refractivity (Wildman–Crippen MR) is 147 cm³/mol. The average molecular weight is 498 g/mol. The summed E-state index contributed by atoms with van der Waals surface area (Å²) < 4.78 is 2.45. The predicted octanol–water partition coefficient (Wildman–Crippen LogP) is 4.92. The summed E-state index contributed by atoms with van der Waals surface area (Å²) in [7, 11) is 3.84. The second-order valence-electron chi connectivity index (χ2n) is 11.0. The van der Waals surface area contributed by atoms with Gasteiger partial charge in [0.05, 0.1) is 12.1 Å². The lowest BCUT2D eigenvalue weighted by atomic mass is 9.87. The highest BCUT2D eigenvalue weighted by atomic mass is 16.2. The highest BCUT2D eigenvalue weighted by Gasteiger charge is 2.25. The molecule has 0 atom stereocenters. The minimum Gasteiger partial charge on any atom is -0.337 e. The van der Waals surface area contributed by atoms with E-state index >= 15 is 0 Å². The second-order valence-corrected chi connectivity index (χ2v) is 11.0. The number of nitrogens with zero attached hydrogens (tertiary/aromatic N) is 6. The Morgan fingerprint density at radius 3 is 2.68 bits per heavy atom. The zero-order valence-corrected chi connectivity index (χ0v) is 21.9. The van der Waals surface area contributed by atoms with E-state index in [9.17, 15) is 4.79 Å². The Labute approximate surface area is 217 Å². The highest BCUT2D eigenvalue weighted by Crippen LogP contribution is 2.38. The van der Waals surface area contributed by atoms with Gasteiger partial charge in [-0.2, -0.15) is 4.98 Å². The number of fused-ring (bicyclic) bond motifs is 4. The molecule has 1 fully saturated rings. The smallest absolute Gasteiger partial charge is 0.237 e. The number of hydrogen-bond acceptors (Lipinski definition) is 6. The van der Waals surface area contributed by atoms with E-state index in [1.807, 2.05) is 36.2 Å². The van der Waals surface area contributed by atoms with Crippen LogP contribution in [0, 0.1) is 5.92 Å². The SMILES string of the molecule is CC1CCC(n2c3ccccc3c3cnc(Nc4ccc5c(n4)CCN(C(=O)CN(C)C)C5)nc32)CC1. The first-order valence-electron chi connectivity index (χ1n) is 13.4. The molecule has 0 bridgehead atoms. The molecule has 1 aliphatic heterocycles. The van der Waals surface area contributed by atoms with Crippen molar-refractivity contribution in [1.29, 1.82) is 0 Å². The molecule has 1 aliphatic carbocycles. The average Bonchev–Trinajstić information content (AvgIpc) is 3.22. The topological polar surface area (TPSA) is 79.2 Å². The lowest BCUT2D eigenvalue weighted by Gasteiger charge is -2.29. The number of rotatable bonds is 5. The van der Waals surface area contributed by atoms with Gasteiger partial charge in [-0.05, 0) is 63.4 Å². The maximum absolute atomic E-state index is 12.5. The van der Waals surface area contributed by atoms with Crippen molar-refractivity contribution in [3.63, 3.8) is 0 Å². The lowest BCUT2D eigenvalue weighted by Crippen LogP contribution is -2.41. The summed E-state index contributed by atoms with van der Waals surface area (Å²) in [6.45, 7) is 4.09. The minimum atomic E-state index is 0.155. The van der Waals surface area contributed by atoms with Crippen LogP contribution in [-0.2, 0) is 17.8 Å². The number of pyridine rings is 1. The molecule has 1 N–H and O–H groups in total. The molecule has 4 aromatic rings. The fourth-order valence-corrected chi connectivity index (χ4v) is 5.89. The van der Waals surface area contributed by atoms with Gasteiger partial charge in [0.25, 0.3) is 0 Å². The Bertz CT molecular complexity index is 1450. The fourth-order valence-electron chi connectivity index (χ4n) is 5.89. The molecule has 1 amide bonds. The van der Waals surface area contributed by atoms with E-state index in [1.54, 1.807) is 0 Å². The number of nitrogens with one attached hydrogen (secondary N) is 1. The summed E-state index contributed by atoms with van der Waals surface area (Å²) >= 11 is 0. The zero-order valence-electron chi connectivity index (χ0n) is 21.9. The van der Waals surface area contributed by atoms with Gasteiger partial charge in [-0.15, -0.1) is 0 Å². The molecule has 37 heavy (non-hydrogen) atoms. The van der Waals surface area contributed by atoms with Crippen molar-refractivity contribution in [2.24, 2.45) is 5.92 Å². The van der Waals surface area contributed by atoms with Gasteiger partial charge in [-0.1, -0.05) is 31.2 Å². The maximum Gasteiger partial charge on any atom is 0.237 e. The van der Waals surface area contributed by atoms with E-state index in [1.165, 1.54) is 36.6 Å². The zero-order chi connectivity index (χ0) is 25.5. The van der Waals surface area contributed by atoms with E-state index in [0.717, 1.165) is 40.4 Å². The Balaban J connectivity index is 1.28. The quantitative estimate of drug-likeness (QED) is 0.422. The Kier molecular flexibility index (Phi) is 6.28. The summed E-state index contributed by atoms with van der Waals surface area (Å²) in [5.74, 6) is 2.25.